The van der Waals surface area contributed by atoms with E-state index in [4.69, 9.17) is 0 Å². The smallest absolute Gasteiger partial charge is 0.222 e. The van der Waals surface area contributed by atoms with E-state index in [9.17, 15) is 9.18 Å². The molecular weight excluding hydrogens is 291 g/mol. The number of nitrogens with one attached hydrogen (secondary N) is 1. The first-order valence-corrected chi connectivity index (χ1v) is 9.01. The summed E-state index contributed by atoms with van der Waals surface area (Å²) < 4.78 is 13.7. The Morgan fingerprint density at radius 3 is 2.52 bits per heavy atom. The molecule has 1 N–H and O–H groups in total. The lowest BCUT2D eigenvalue weighted by atomic mass is 10.00. The normalized spacial score (nSPS) is 20.0. The molecule has 23 heavy (non-hydrogen) atoms. The van der Waals surface area contributed by atoms with Crippen molar-refractivity contribution in [1.29, 1.82) is 0 Å². The minimum atomic E-state index is -0.206. The first-order chi connectivity index (χ1) is 11.2. The van der Waals surface area contributed by atoms with Crippen molar-refractivity contribution in [3.05, 3.63) is 30.1 Å². The van der Waals surface area contributed by atoms with Gasteiger partial charge in [0.2, 0.25) is 5.91 Å². The third-order valence-electron chi connectivity index (χ3n) is 5.32. The number of rotatable bonds is 5. The van der Waals surface area contributed by atoms with Crippen LogP contribution < -0.4 is 5.32 Å². The van der Waals surface area contributed by atoms with Crippen molar-refractivity contribution in [3.8, 4) is 0 Å². The molecular formula is C19H27FN2O. The number of hydrogen-bond donors (Lipinski definition) is 1. The van der Waals surface area contributed by atoms with E-state index in [0.717, 1.165) is 38.3 Å². The Morgan fingerprint density at radius 2 is 1.83 bits per heavy atom. The summed E-state index contributed by atoms with van der Waals surface area (Å²) in [6, 6.07) is 7.04. The Bertz CT molecular complexity index is 520. The molecule has 0 bridgehead atoms. The molecule has 0 unspecified atom stereocenters. The largest absolute Gasteiger partial charge is 0.380 e. The molecule has 1 amide bonds. The quantitative estimate of drug-likeness (QED) is 0.882. The third-order valence-corrected chi connectivity index (χ3v) is 5.32. The number of halogens is 1. The van der Waals surface area contributed by atoms with Gasteiger partial charge in [0.05, 0.1) is 5.69 Å². The maximum Gasteiger partial charge on any atom is 0.222 e. The zero-order chi connectivity index (χ0) is 16.1. The minimum Gasteiger partial charge on any atom is -0.380 e. The lowest BCUT2D eigenvalue weighted by Crippen LogP contribution is -2.42. The molecule has 1 saturated heterocycles. The van der Waals surface area contributed by atoms with E-state index in [1.807, 2.05) is 11.0 Å². The summed E-state index contributed by atoms with van der Waals surface area (Å²) >= 11 is 0. The van der Waals surface area contributed by atoms with Crippen LogP contribution in [0.25, 0.3) is 0 Å². The Balaban J connectivity index is 1.41. The highest BCUT2D eigenvalue weighted by molar-refractivity contribution is 5.76. The molecule has 1 aliphatic heterocycles. The van der Waals surface area contributed by atoms with Gasteiger partial charge in [0.15, 0.2) is 0 Å². The van der Waals surface area contributed by atoms with Crippen molar-refractivity contribution in [2.75, 3.05) is 18.4 Å². The summed E-state index contributed by atoms with van der Waals surface area (Å²) in [5.41, 5.74) is 0.568. The number of nitrogens with zero attached hydrogens (tertiary/aromatic N) is 1. The molecule has 0 radical (unpaired) electrons. The van der Waals surface area contributed by atoms with E-state index in [2.05, 4.69) is 5.32 Å². The fourth-order valence-electron chi connectivity index (χ4n) is 3.86. The van der Waals surface area contributed by atoms with Gasteiger partial charge in [-0.2, -0.15) is 0 Å². The molecule has 3 rings (SSSR count). The fourth-order valence-corrected chi connectivity index (χ4v) is 3.86. The number of piperidine rings is 1. The summed E-state index contributed by atoms with van der Waals surface area (Å²) in [6.45, 7) is 1.57. The number of carbonyl (C=O) groups is 1. The first kappa shape index (κ1) is 16.3. The van der Waals surface area contributed by atoms with E-state index < -0.39 is 0 Å². The van der Waals surface area contributed by atoms with Crippen LogP contribution in [0, 0.1) is 11.7 Å². The Kier molecular flexibility index (Phi) is 5.52. The predicted octanol–water partition coefficient (Wildman–Crippen LogP) is 4.20. The van der Waals surface area contributed by atoms with Crippen LogP contribution >= 0.6 is 0 Å². The predicted molar refractivity (Wildman–Crippen MR) is 90.8 cm³/mol. The average molecular weight is 318 g/mol. The second-order valence-corrected chi connectivity index (χ2v) is 6.97. The summed E-state index contributed by atoms with van der Waals surface area (Å²) in [5.74, 6) is 0.878. The molecule has 1 aromatic rings. The minimum absolute atomic E-state index is 0.206. The third kappa shape index (κ3) is 4.46. The number of carbonyl (C=O) groups excluding carboxylic acids is 1. The summed E-state index contributed by atoms with van der Waals surface area (Å²) in [4.78, 5) is 14.3. The zero-order valence-corrected chi connectivity index (χ0v) is 13.8. The van der Waals surface area contributed by atoms with Gasteiger partial charge >= 0.3 is 0 Å². The van der Waals surface area contributed by atoms with E-state index in [-0.39, 0.29) is 11.9 Å². The van der Waals surface area contributed by atoms with Crippen molar-refractivity contribution < 1.29 is 9.18 Å². The second kappa shape index (κ2) is 7.80. The number of anilines is 1. The lowest BCUT2D eigenvalue weighted by molar-refractivity contribution is -0.132. The monoisotopic (exact) mass is 318 g/mol. The standard InChI is InChI=1S/C19H27FN2O/c20-17-7-3-4-8-18(17)21-16-11-13-22(14-12-16)19(23)10-9-15-5-1-2-6-15/h3-4,7-8,15-16,21H,1-2,5-6,9-14H2. The van der Waals surface area contributed by atoms with E-state index >= 15 is 0 Å². The SMILES string of the molecule is O=C(CCC1CCCC1)N1CCC(Nc2ccccc2F)CC1. The van der Waals surface area contributed by atoms with Crippen LogP contribution in [0.2, 0.25) is 0 Å². The molecule has 2 fully saturated rings. The number of hydrogen-bond acceptors (Lipinski definition) is 2. The topological polar surface area (TPSA) is 32.3 Å². The van der Waals surface area contributed by atoms with Crippen LogP contribution in [-0.4, -0.2) is 29.9 Å². The lowest BCUT2D eigenvalue weighted by Gasteiger charge is -2.33. The highest BCUT2D eigenvalue weighted by Crippen LogP contribution is 2.29. The van der Waals surface area contributed by atoms with Gasteiger partial charge < -0.3 is 10.2 Å². The molecule has 1 saturated carbocycles. The van der Waals surface area contributed by atoms with Gasteiger partial charge in [0.25, 0.3) is 0 Å². The highest BCUT2D eigenvalue weighted by Gasteiger charge is 2.24. The Labute approximate surface area is 138 Å². The van der Waals surface area contributed by atoms with Crippen molar-refractivity contribution in [3.63, 3.8) is 0 Å². The summed E-state index contributed by atoms with van der Waals surface area (Å²) in [7, 11) is 0. The van der Waals surface area contributed by atoms with E-state index in [1.54, 1.807) is 12.1 Å². The van der Waals surface area contributed by atoms with Crippen LogP contribution in [0.1, 0.15) is 51.4 Å². The summed E-state index contributed by atoms with van der Waals surface area (Å²) in [6.07, 6.45) is 8.84. The van der Waals surface area contributed by atoms with Crippen molar-refractivity contribution in [2.45, 2.75) is 57.4 Å². The van der Waals surface area contributed by atoms with E-state index in [1.165, 1.54) is 31.7 Å². The average Bonchev–Trinajstić information content (AvgIpc) is 3.09. The van der Waals surface area contributed by atoms with Gasteiger partial charge in [-0.25, -0.2) is 4.39 Å². The highest BCUT2D eigenvalue weighted by atomic mass is 19.1. The second-order valence-electron chi connectivity index (χ2n) is 6.97. The number of para-hydroxylation sites is 1. The Hall–Kier alpha value is -1.58. The molecule has 3 nitrogen and oxygen atoms in total. The van der Waals surface area contributed by atoms with Gasteiger partial charge in [-0.3, -0.25) is 4.79 Å². The molecule has 1 aromatic carbocycles. The molecule has 1 heterocycles. The van der Waals surface area contributed by atoms with Crippen LogP contribution in [0.5, 0.6) is 0 Å². The molecule has 0 spiro atoms. The van der Waals surface area contributed by atoms with E-state index in [0.29, 0.717) is 18.0 Å². The maximum absolute atomic E-state index is 13.7. The summed E-state index contributed by atoms with van der Waals surface area (Å²) in [5, 5.41) is 3.27. The molecule has 0 aromatic heterocycles. The van der Waals surface area contributed by atoms with Crippen molar-refractivity contribution in [2.24, 2.45) is 5.92 Å². The zero-order valence-electron chi connectivity index (χ0n) is 13.8. The first-order valence-electron chi connectivity index (χ1n) is 9.01. The van der Waals surface area contributed by atoms with Gasteiger partial charge in [0.1, 0.15) is 5.82 Å². The number of amides is 1. The van der Waals surface area contributed by atoms with Gasteiger partial charge in [-0.05, 0) is 37.3 Å². The maximum atomic E-state index is 13.7. The Morgan fingerprint density at radius 1 is 1.13 bits per heavy atom. The molecule has 2 aliphatic rings. The molecule has 126 valence electrons. The van der Waals surface area contributed by atoms with Crippen LogP contribution in [0.3, 0.4) is 0 Å². The van der Waals surface area contributed by atoms with Crippen molar-refractivity contribution in [1.82, 2.24) is 4.90 Å². The van der Waals surface area contributed by atoms with Gasteiger partial charge in [0, 0.05) is 25.6 Å². The van der Waals surface area contributed by atoms with Gasteiger partial charge in [-0.15, -0.1) is 0 Å². The molecule has 4 heteroatoms. The molecule has 0 atom stereocenters. The van der Waals surface area contributed by atoms with Crippen LogP contribution in [0.4, 0.5) is 10.1 Å². The number of benzene rings is 1. The van der Waals surface area contributed by atoms with Crippen LogP contribution in [0.15, 0.2) is 24.3 Å². The molecule has 1 aliphatic carbocycles. The van der Waals surface area contributed by atoms with Gasteiger partial charge in [-0.1, -0.05) is 37.8 Å². The number of likely N-dealkylation sites (tertiary alicyclic amines) is 1. The fraction of sp³-hybridized carbons (Fsp3) is 0.632. The van der Waals surface area contributed by atoms with Crippen LogP contribution in [-0.2, 0) is 4.79 Å². The van der Waals surface area contributed by atoms with Crippen molar-refractivity contribution >= 4 is 11.6 Å².